The van der Waals surface area contributed by atoms with E-state index in [0.29, 0.717) is 22.8 Å². The molecule has 1 aromatic carbocycles. The standard InChI is InChI=1S/C16H20N2O4/c1-9-10(2)17-18(11(9)3)16(19)12-7-8-13(20-4)15(22-6)14(12)21-5/h7-8H,1-6H3. The number of benzene rings is 1. The van der Waals surface area contributed by atoms with Crippen LogP contribution in [0.25, 0.3) is 0 Å². The van der Waals surface area contributed by atoms with Crippen molar-refractivity contribution in [1.29, 1.82) is 0 Å². The van der Waals surface area contributed by atoms with Crippen molar-refractivity contribution in [3.8, 4) is 17.2 Å². The first kappa shape index (κ1) is 15.9. The normalized spacial score (nSPS) is 10.5. The molecule has 2 aromatic rings. The molecule has 22 heavy (non-hydrogen) atoms. The summed E-state index contributed by atoms with van der Waals surface area (Å²) in [6.07, 6.45) is 0. The number of rotatable bonds is 4. The molecule has 0 aliphatic heterocycles. The summed E-state index contributed by atoms with van der Waals surface area (Å²) < 4.78 is 17.3. The topological polar surface area (TPSA) is 62.6 Å². The Kier molecular flexibility index (Phi) is 4.40. The van der Waals surface area contributed by atoms with Gasteiger partial charge in [0.1, 0.15) is 0 Å². The SMILES string of the molecule is COc1ccc(C(=O)n2nc(C)c(C)c2C)c(OC)c1OC. The molecule has 0 aliphatic rings. The quantitative estimate of drug-likeness (QED) is 0.868. The van der Waals surface area contributed by atoms with Gasteiger partial charge in [-0.2, -0.15) is 5.10 Å². The van der Waals surface area contributed by atoms with Crippen molar-refractivity contribution in [2.75, 3.05) is 21.3 Å². The second-order valence-electron chi connectivity index (χ2n) is 4.89. The first-order chi connectivity index (χ1) is 10.5. The molecule has 0 N–H and O–H groups in total. The van der Waals surface area contributed by atoms with Crippen LogP contribution in [-0.2, 0) is 0 Å². The van der Waals surface area contributed by atoms with Crippen molar-refractivity contribution in [2.24, 2.45) is 0 Å². The monoisotopic (exact) mass is 304 g/mol. The summed E-state index contributed by atoms with van der Waals surface area (Å²) in [6, 6.07) is 3.32. The molecular weight excluding hydrogens is 284 g/mol. The zero-order chi connectivity index (χ0) is 16.4. The zero-order valence-electron chi connectivity index (χ0n) is 13.7. The second kappa shape index (κ2) is 6.09. The smallest absolute Gasteiger partial charge is 0.282 e. The first-order valence-electron chi connectivity index (χ1n) is 6.82. The summed E-state index contributed by atoms with van der Waals surface area (Å²) in [6.45, 7) is 5.67. The number of carbonyl (C=O) groups is 1. The molecule has 1 heterocycles. The highest BCUT2D eigenvalue weighted by Gasteiger charge is 2.24. The van der Waals surface area contributed by atoms with Crippen LogP contribution < -0.4 is 14.2 Å². The number of aryl methyl sites for hydroxylation is 1. The Morgan fingerprint density at radius 3 is 2.09 bits per heavy atom. The van der Waals surface area contributed by atoms with Crippen LogP contribution in [0.5, 0.6) is 17.2 Å². The van der Waals surface area contributed by atoms with E-state index in [1.807, 2.05) is 20.8 Å². The van der Waals surface area contributed by atoms with Gasteiger partial charge in [0.05, 0.1) is 32.6 Å². The molecule has 1 aromatic heterocycles. The summed E-state index contributed by atoms with van der Waals surface area (Å²) >= 11 is 0. The number of nitrogens with zero attached hydrogens (tertiary/aromatic N) is 2. The average molecular weight is 304 g/mol. The van der Waals surface area contributed by atoms with E-state index in [-0.39, 0.29) is 5.91 Å². The van der Waals surface area contributed by atoms with Gasteiger partial charge in [-0.3, -0.25) is 4.79 Å². The van der Waals surface area contributed by atoms with E-state index in [1.165, 1.54) is 26.0 Å². The molecule has 0 bridgehead atoms. The van der Waals surface area contributed by atoms with E-state index in [9.17, 15) is 4.79 Å². The van der Waals surface area contributed by atoms with Crippen molar-refractivity contribution in [2.45, 2.75) is 20.8 Å². The Morgan fingerprint density at radius 1 is 1.00 bits per heavy atom. The molecule has 0 atom stereocenters. The Labute approximate surface area is 129 Å². The molecule has 118 valence electrons. The maximum Gasteiger partial charge on any atom is 0.282 e. The number of methoxy groups -OCH3 is 3. The molecule has 0 unspecified atom stereocenters. The van der Waals surface area contributed by atoms with E-state index in [2.05, 4.69) is 5.10 Å². The second-order valence-corrected chi connectivity index (χ2v) is 4.89. The molecule has 0 fully saturated rings. The first-order valence-corrected chi connectivity index (χ1v) is 6.82. The largest absolute Gasteiger partial charge is 0.493 e. The number of hydrogen-bond acceptors (Lipinski definition) is 5. The van der Waals surface area contributed by atoms with Gasteiger partial charge in [0, 0.05) is 5.69 Å². The minimum Gasteiger partial charge on any atom is -0.493 e. The van der Waals surface area contributed by atoms with E-state index in [1.54, 1.807) is 12.1 Å². The number of carbonyl (C=O) groups excluding carboxylic acids is 1. The Balaban J connectivity index is 2.61. The predicted octanol–water partition coefficient (Wildman–Crippen LogP) is 2.52. The van der Waals surface area contributed by atoms with Crippen molar-refractivity contribution >= 4 is 5.91 Å². The third-order valence-corrected chi connectivity index (χ3v) is 3.78. The third-order valence-electron chi connectivity index (χ3n) is 3.78. The van der Waals surface area contributed by atoms with Gasteiger partial charge in [-0.15, -0.1) is 0 Å². The molecule has 0 radical (unpaired) electrons. The molecule has 6 nitrogen and oxygen atoms in total. The van der Waals surface area contributed by atoms with Crippen LogP contribution in [-0.4, -0.2) is 37.0 Å². The maximum absolute atomic E-state index is 12.8. The highest BCUT2D eigenvalue weighted by molar-refractivity contribution is 5.99. The van der Waals surface area contributed by atoms with Gasteiger partial charge in [-0.1, -0.05) is 0 Å². The van der Waals surface area contributed by atoms with E-state index in [4.69, 9.17) is 14.2 Å². The van der Waals surface area contributed by atoms with Crippen LogP contribution in [0.2, 0.25) is 0 Å². The summed E-state index contributed by atoms with van der Waals surface area (Å²) in [4.78, 5) is 12.8. The lowest BCUT2D eigenvalue weighted by Crippen LogP contribution is -2.17. The lowest BCUT2D eigenvalue weighted by molar-refractivity contribution is 0.0938. The molecule has 0 amide bonds. The maximum atomic E-state index is 12.8. The fourth-order valence-electron chi connectivity index (χ4n) is 2.30. The van der Waals surface area contributed by atoms with Crippen LogP contribution in [0.4, 0.5) is 0 Å². The Bertz CT molecular complexity index is 719. The van der Waals surface area contributed by atoms with Gasteiger partial charge in [-0.25, -0.2) is 4.68 Å². The fourth-order valence-corrected chi connectivity index (χ4v) is 2.30. The predicted molar refractivity (Wildman–Crippen MR) is 82.3 cm³/mol. The molecular formula is C16H20N2O4. The summed E-state index contributed by atoms with van der Waals surface area (Å²) in [5, 5.41) is 4.30. The van der Waals surface area contributed by atoms with Gasteiger partial charge >= 0.3 is 0 Å². The van der Waals surface area contributed by atoms with Gasteiger partial charge in [-0.05, 0) is 38.5 Å². The lowest BCUT2D eigenvalue weighted by Gasteiger charge is -2.15. The average Bonchev–Trinajstić information content (AvgIpc) is 2.79. The summed E-state index contributed by atoms with van der Waals surface area (Å²) in [5.41, 5.74) is 2.99. The van der Waals surface area contributed by atoms with Crippen LogP contribution in [0.15, 0.2) is 12.1 Å². The van der Waals surface area contributed by atoms with Gasteiger partial charge < -0.3 is 14.2 Å². The van der Waals surface area contributed by atoms with Crippen molar-refractivity contribution < 1.29 is 19.0 Å². The Hall–Kier alpha value is -2.50. The van der Waals surface area contributed by atoms with Gasteiger partial charge in [0.25, 0.3) is 5.91 Å². The van der Waals surface area contributed by atoms with Crippen molar-refractivity contribution in [3.05, 3.63) is 34.6 Å². The summed E-state index contributed by atoms with van der Waals surface area (Å²) in [7, 11) is 4.52. The van der Waals surface area contributed by atoms with E-state index < -0.39 is 0 Å². The van der Waals surface area contributed by atoms with Gasteiger partial charge in [0.15, 0.2) is 11.5 Å². The Morgan fingerprint density at radius 2 is 1.64 bits per heavy atom. The molecule has 0 saturated carbocycles. The van der Waals surface area contributed by atoms with Crippen molar-refractivity contribution in [3.63, 3.8) is 0 Å². The van der Waals surface area contributed by atoms with E-state index >= 15 is 0 Å². The van der Waals surface area contributed by atoms with Crippen LogP contribution in [0, 0.1) is 20.8 Å². The minimum absolute atomic E-state index is 0.272. The molecule has 6 heteroatoms. The summed E-state index contributed by atoms with van der Waals surface area (Å²) in [5.74, 6) is 0.943. The number of hydrogen-bond donors (Lipinski definition) is 0. The van der Waals surface area contributed by atoms with E-state index in [0.717, 1.165) is 17.0 Å². The zero-order valence-corrected chi connectivity index (χ0v) is 13.7. The van der Waals surface area contributed by atoms with Crippen LogP contribution >= 0.6 is 0 Å². The molecule has 0 saturated heterocycles. The highest BCUT2D eigenvalue weighted by Crippen LogP contribution is 2.40. The third kappa shape index (κ3) is 2.41. The molecule has 0 spiro atoms. The minimum atomic E-state index is -0.272. The number of aromatic nitrogens is 2. The lowest BCUT2D eigenvalue weighted by atomic mass is 10.1. The van der Waals surface area contributed by atoms with Crippen LogP contribution in [0.1, 0.15) is 27.3 Å². The fraction of sp³-hybridized carbons (Fsp3) is 0.375. The number of ether oxygens (including phenoxy) is 3. The van der Waals surface area contributed by atoms with Crippen LogP contribution in [0.3, 0.4) is 0 Å². The van der Waals surface area contributed by atoms with Gasteiger partial charge in [0.2, 0.25) is 5.75 Å². The molecule has 2 rings (SSSR count). The molecule has 0 aliphatic carbocycles. The highest BCUT2D eigenvalue weighted by atomic mass is 16.5. The van der Waals surface area contributed by atoms with Crippen molar-refractivity contribution in [1.82, 2.24) is 9.78 Å².